The molecule has 0 fully saturated rings. The normalized spacial score (nSPS) is 13.7. The number of nitrogens with zero attached hydrogens (tertiary/aromatic N) is 2. The number of amides is 1. The summed E-state index contributed by atoms with van der Waals surface area (Å²) >= 11 is 6.20. The van der Waals surface area contributed by atoms with Crippen molar-refractivity contribution in [2.24, 2.45) is 0 Å². The molecule has 21 heavy (non-hydrogen) atoms. The molecule has 3 rings (SSSR count). The number of carbonyl (C=O) groups excluding carboxylic acids is 1. The number of halogens is 1. The highest BCUT2D eigenvalue weighted by molar-refractivity contribution is 6.31. The SMILES string of the molecule is COc1cc(C(=O)N2CCc3c(Cl)cccc3C2)ccn1. The quantitative estimate of drug-likeness (QED) is 0.856. The van der Waals surface area contributed by atoms with Gasteiger partial charge < -0.3 is 9.64 Å². The molecule has 0 spiro atoms. The predicted octanol–water partition coefficient (Wildman–Crippen LogP) is 2.94. The van der Waals surface area contributed by atoms with Gasteiger partial charge >= 0.3 is 0 Å². The van der Waals surface area contributed by atoms with E-state index in [0.29, 0.717) is 24.5 Å². The second kappa shape index (κ2) is 5.74. The van der Waals surface area contributed by atoms with Crippen LogP contribution in [0.15, 0.2) is 36.5 Å². The average molecular weight is 303 g/mol. The summed E-state index contributed by atoms with van der Waals surface area (Å²) in [6.07, 6.45) is 2.36. The second-order valence-corrected chi connectivity index (χ2v) is 5.35. The van der Waals surface area contributed by atoms with E-state index in [1.807, 2.05) is 23.1 Å². The third kappa shape index (κ3) is 2.72. The van der Waals surface area contributed by atoms with Crippen LogP contribution in [0.1, 0.15) is 21.5 Å². The lowest BCUT2D eigenvalue weighted by Crippen LogP contribution is -2.36. The molecule has 0 atom stereocenters. The molecule has 0 aliphatic carbocycles. The van der Waals surface area contributed by atoms with Crippen molar-refractivity contribution in [2.75, 3.05) is 13.7 Å². The van der Waals surface area contributed by atoms with Gasteiger partial charge in [0.1, 0.15) is 0 Å². The van der Waals surface area contributed by atoms with Crippen molar-refractivity contribution in [3.8, 4) is 5.88 Å². The first-order chi connectivity index (χ1) is 10.2. The topological polar surface area (TPSA) is 42.4 Å². The van der Waals surface area contributed by atoms with E-state index < -0.39 is 0 Å². The van der Waals surface area contributed by atoms with Gasteiger partial charge in [0.05, 0.1) is 7.11 Å². The van der Waals surface area contributed by atoms with Crippen LogP contribution in [0.4, 0.5) is 0 Å². The first kappa shape index (κ1) is 13.9. The Labute approximate surface area is 128 Å². The van der Waals surface area contributed by atoms with Gasteiger partial charge in [-0.3, -0.25) is 4.79 Å². The maximum Gasteiger partial charge on any atom is 0.254 e. The third-order valence-electron chi connectivity index (χ3n) is 3.69. The Morgan fingerprint density at radius 2 is 2.24 bits per heavy atom. The van der Waals surface area contributed by atoms with Crippen molar-refractivity contribution in [2.45, 2.75) is 13.0 Å². The third-order valence-corrected chi connectivity index (χ3v) is 4.04. The van der Waals surface area contributed by atoms with Gasteiger partial charge in [-0.15, -0.1) is 0 Å². The van der Waals surface area contributed by atoms with Gasteiger partial charge in [0.2, 0.25) is 5.88 Å². The summed E-state index contributed by atoms with van der Waals surface area (Å²) < 4.78 is 5.07. The van der Waals surface area contributed by atoms with Crippen LogP contribution >= 0.6 is 11.6 Å². The molecular weight excluding hydrogens is 288 g/mol. The average Bonchev–Trinajstić information content (AvgIpc) is 2.54. The Balaban J connectivity index is 1.84. The smallest absolute Gasteiger partial charge is 0.254 e. The number of benzene rings is 1. The van der Waals surface area contributed by atoms with Gasteiger partial charge in [-0.1, -0.05) is 23.7 Å². The Morgan fingerprint density at radius 3 is 3.05 bits per heavy atom. The molecule has 0 saturated heterocycles. The number of hydrogen-bond donors (Lipinski definition) is 0. The number of carbonyl (C=O) groups is 1. The lowest BCUT2D eigenvalue weighted by molar-refractivity contribution is 0.0734. The number of fused-ring (bicyclic) bond motifs is 1. The van der Waals surface area contributed by atoms with E-state index in [1.165, 1.54) is 7.11 Å². The summed E-state index contributed by atoms with van der Waals surface area (Å²) in [5, 5.41) is 0.783. The van der Waals surface area contributed by atoms with E-state index in [0.717, 1.165) is 22.6 Å². The highest BCUT2D eigenvalue weighted by Crippen LogP contribution is 2.26. The van der Waals surface area contributed by atoms with Crippen molar-refractivity contribution in [3.63, 3.8) is 0 Å². The summed E-state index contributed by atoms with van der Waals surface area (Å²) in [5.74, 6) is 0.433. The highest BCUT2D eigenvalue weighted by Gasteiger charge is 2.23. The Morgan fingerprint density at radius 1 is 1.38 bits per heavy atom. The Hall–Kier alpha value is -2.07. The number of aromatic nitrogens is 1. The van der Waals surface area contributed by atoms with Gasteiger partial charge in [-0.05, 0) is 29.7 Å². The summed E-state index contributed by atoms with van der Waals surface area (Å²) in [6.45, 7) is 1.25. The van der Waals surface area contributed by atoms with E-state index in [1.54, 1.807) is 18.3 Å². The van der Waals surface area contributed by atoms with E-state index >= 15 is 0 Å². The van der Waals surface area contributed by atoms with Crippen LogP contribution < -0.4 is 4.74 Å². The van der Waals surface area contributed by atoms with Crippen LogP contribution in [-0.2, 0) is 13.0 Å². The molecule has 2 heterocycles. The van der Waals surface area contributed by atoms with Crippen LogP contribution in [0.5, 0.6) is 5.88 Å². The number of rotatable bonds is 2. The van der Waals surface area contributed by atoms with E-state index in [2.05, 4.69) is 4.98 Å². The number of pyridine rings is 1. The molecule has 0 radical (unpaired) electrons. The molecule has 108 valence electrons. The number of hydrogen-bond acceptors (Lipinski definition) is 3. The van der Waals surface area contributed by atoms with Crippen LogP contribution in [0.2, 0.25) is 5.02 Å². The molecule has 2 aromatic rings. The summed E-state index contributed by atoms with van der Waals surface area (Å²) in [6, 6.07) is 9.21. The maximum absolute atomic E-state index is 12.6. The fourth-order valence-electron chi connectivity index (χ4n) is 2.57. The first-order valence-corrected chi connectivity index (χ1v) is 7.12. The van der Waals surface area contributed by atoms with E-state index in [4.69, 9.17) is 16.3 Å². The van der Waals surface area contributed by atoms with Crippen molar-refractivity contribution >= 4 is 17.5 Å². The zero-order valence-electron chi connectivity index (χ0n) is 11.7. The molecule has 0 bridgehead atoms. The fourth-order valence-corrected chi connectivity index (χ4v) is 2.86. The molecular formula is C16H15ClN2O2. The summed E-state index contributed by atoms with van der Waals surface area (Å²) in [4.78, 5) is 18.4. The summed E-state index contributed by atoms with van der Waals surface area (Å²) in [7, 11) is 1.54. The standard InChI is InChI=1S/C16H15ClN2O2/c1-21-15-9-11(5-7-18-15)16(20)19-8-6-13-12(10-19)3-2-4-14(13)17/h2-5,7,9H,6,8,10H2,1H3. The molecule has 0 N–H and O–H groups in total. The van der Waals surface area contributed by atoms with Crippen molar-refractivity contribution in [3.05, 3.63) is 58.2 Å². The molecule has 1 aliphatic heterocycles. The Bertz CT molecular complexity index is 688. The first-order valence-electron chi connectivity index (χ1n) is 6.74. The molecule has 1 aromatic heterocycles. The largest absolute Gasteiger partial charge is 0.481 e. The molecule has 1 amide bonds. The van der Waals surface area contributed by atoms with Gasteiger partial charge in [0.15, 0.2) is 0 Å². The van der Waals surface area contributed by atoms with Gasteiger partial charge in [-0.2, -0.15) is 0 Å². The molecule has 0 unspecified atom stereocenters. The zero-order valence-corrected chi connectivity index (χ0v) is 12.4. The molecule has 0 saturated carbocycles. The van der Waals surface area contributed by atoms with Crippen LogP contribution in [0.25, 0.3) is 0 Å². The zero-order chi connectivity index (χ0) is 14.8. The van der Waals surface area contributed by atoms with Crippen molar-refractivity contribution < 1.29 is 9.53 Å². The van der Waals surface area contributed by atoms with Crippen LogP contribution in [0.3, 0.4) is 0 Å². The monoisotopic (exact) mass is 302 g/mol. The molecule has 1 aliphatic rings. The predicted molar refractivity (Wildman–Crippen MR) is 80.7 cm³/mol. The maximum atomic E-state index is 12.6. The molecule has 5 heteroatoms. The molecule has 4 nitrogen and oxygen atoms in total. The lowest BCUT2D eigenvalue weighted by Gasteiger charge is -2.29. The fraction of sp³-hybridized carbons (Fsp3) is 0.250. The van der Waals surface area contributed by atoms with E-state index in [9.17, 15) is 4.79 Å². The van der Waals surface area contributed by atoms with Gasteiger partial charge in [0, 0.05) is 35.9 Å². The van der Waals surface area contributed by atoms with Gasteiger partial charge in [0.25, 0.3) is 5.91 Å². The highest BCUT2D eigenvalue weighted by atomic mass is 35.5. The van der Waals surface area contributed by atoms with Gasteiger partial charge in [-0.25, -0.2) is 4.98 Å². The lowest BCUT2D eigenvalue weighted by atomic mass is 9.99. The second-order valence-electron chi connectivity index (χ2n) is 4.94. The molecule has 1 aromatic carbocycles. The summed E-state index contributed by atoms with van der Waals surface area (Å²) in [5.41, 5.74) is 2.85. The minimum atomic E-state index is -0.0127. The van der Waals surface area contributed by atoms with E-state index in [-0.39, 0.29) is 5.91 Å². The Kier molecular flexibility index (Phi) is 3.80. The van der Waals surface area contributed by atoms with Crippen LogP contribution in [-0.4, -0.2) is 29.4 Å². The van der Waals surface area contributed by atoms with Crippen molar-refractivity contribution in [1.82, 2.24) is 9.88 Å². The number of ether oxygens (including phenoxy) is 1. The minimum Gasteiger partial charge on any atom is -0.481 e. The van der Waals surface area contributed by atoms with Crippen LogP contribution in [0, 0.1) is 0 Å². The van der Waals surface area contributed by atoms with Crippen molar-refractivity contribution in [1.29, 1.82) is 0 Å². The minimum absolute atomic E-state index is 0.0127. The number of methoxy groups -OCH3 is 1.